The molecule has 0 aromatic heterocycles. The Morgan fingerprint density at radius 2 is 1.93 bits per heavy atom. The number of ether oxygens (including phenoxy) is 1. The Morgan fingerprint density at radius 1 is 1.33 bits per heavy atom. The van der Waals surface area contributed by atoms with Gasteiger partial charge in [0.15, 0.2) is 0 Å². The zero-order valence-electron chi connectivity index (χ0n) is 10.7. The smallest absolute Gasteiger partial charge is 0.0594 e. The molecule has 1 heterocycles. The molecule has 0 aromatic carbocycles. The van der Waals surface area contributed by atoms with Crippen molar-refractivity contribution < 1.29 is 4.74 Å². The molecule has 0 radical (unpaired) electrons. The zero-order chi connectivity index (χ0) is 11.3. The quantitative estimate of drug-likeness (QED) is 0.747. The van der Waals surface area contributed by atoms with E-state index < -0.39 is 0 Å². The van der Waals surface area contributed by atoms with Gasteiger partial charge in [0.25, 0.3) is 0 Å². The zero-order valence-corrected chi connectivity index (χ0v) is 10.7. The molecule has 90 valence electrons. The van der Waals surface area contributed by atoms with E-state index in [9.17, 15) is 0 Å². The summed E-state index contributed by atoms with van der Waals surface area (Å²) in [5, 5.41) is 3.52. The van der Waals surface area contributed by atoms with E-state index in [1.54, 1.807) is 0 Å². The molecular weight excluding hydrogens is 188 g/mol. The molecule has 1 saturated heterocycles. The fraction of sp³-hybridized carbons (Fsp3) is 1.00. The third kappa shape index (κ3) is 4.09. The average molecular weight is 214 g/mol. The van der Waals surface area contributed by atoms with E-state index in [2.05, 4.69) is 37.9 Å². The van der Waals surface area contributed by atoms with E-state index in [0.29, 0.717) is 11.5 Å². The normalized spacial score (nSPS) is 21.6. The molecule has 1 aliphatic rings. The number of hydrogen-bond donors (Lipinski definition) is 1. The third-order valence-electron chi connectivity index (χ3n) is 3.42. The van der Waals surface area contributed by atoms with Gasteiger partial charge in [0.1, 0.15) is 0 Å². The fourth-order valence-electron chi connectivity index (χ4n) is 2.06. The number of morpholine rings is 1. The minimum Gasteiger partial charge on any atom is -0.379 e. The molecule has 1 aliphatic heterocycles. The van der Waals surface area contributed by atoms with Crippen molar-refractivity contribution in [3.63, 3.8) is 0 Å². The summed E-state index contributed by atoms with van der Waals surface area (Å²) >= 11 is 0. The van der Waals surface area contributed by atoms with Crippen molar-refractivity contribution in [3.05, 3.63) is 0 Å². The number of nitrogens with one attached hydrogen (secondary N) is 1. The van der Waals surface area contributed by atoms with Crippen molar-refractivity contribution in [3.8, 4) is 0 Å². The molecule has 15 heavy (non-hydrogen) atoms. The molecule has 0 aromatic rings. The Balaban J connectivity index is 2.39. The molecule has 0 aliphatic carbocycles. The molecular formula is C12H26N2O. The lowest BCUT2D eigenvalue weighted by molar-refractivity contribution is 0.0161. The second-order valence-corrected chi connectivity index (χ2v) is 5.16. The minimum atomic E-state index is 0.327. The van der Waals surface area contributed by atoms with Crippen LogP contribution >= 0.6 is 0 Å². The van der Waals surface area contributed by atoms with Gasteiger partial charge in [0.2, 0.25) is 0 Å². The van der Waals surface area contributed by atoms with Gasteiger partial charge in [0.05, 0.1) is 13.2 Å². The van der Waals surface area contributed by atoms with Crippen molar-refractivity contribution in [2.24, 2.45) is 5.41 Å². The van der Waals surface area contributed by atoms with Gasteiger partial charge in [-0.15, -0.1) is 0 Å². The van der Waals surface area contributed by atoms with Crippen LogP contribution in [0.1, 0.15) is 27.7 Å². The molecule has 0 saturated carbocycles. The summed E-state index contributed by atoms with van der Waals surface area (Å²) in [6.07, 6.45) is 0. The minimum absolute atomic E-state index is 0.327. The lowest BCUT2D eigenvalue weighted by atomic mass is 9.84. The first-order valence-electron chi connectivity index (χ1n) is 6.09. The van der Waals surface area contributed by atoms with Crippen LogP contribution in [0.25, 0.3) is 0 Å². The molecule has 0 amide bonds. The Morgan fingerprint density at radius 3 is 2.47 bits per heavy atom. The molecule has 1 atom stereocenters. The number of nitrogens with zero attached hydrogens (tertiary/aromatic N) is 1. The van der Waals surface area contributed by atoms with Gasteiger partial charge in [-0.25, -0.2) is 0 Å². The van der Waals surface area contributed by atoms with Gasteiger partial charge in [0, 0.05) is 25.7 Å². The van der Waals surface area contributed by atoms with E-state index in [0.717, 1.165) is 39.4 Å². The van der Waals surface area contributed by atoms with Gasteiger partial charge in [-0.3, -0.25) is 4.90 Å². The lowest BCUT2D eigenvalue weighted by Gasteiger charge is -2.38. The Labute approximate surface area is 94.2 Å². The summed E-state index contributed by atoms with van der Waals surface area (Å²) in [6.45, 7) is 15.3. The SMILES string of the molecule is CCNC(C)C(C)(C)CN1CCOCC1. The largest absolute Gasteiger partial charge is 0.379 e. The Kier molecular flexibility index (Phi) is 5.03. The van der Waals surface area contributed by atoms with Crippen LogP contribution in [0, 0.1) is 5.41 Å². The summed E-state index contributed by atoms with van der Waals surface area (Å²) in [6, 6.07) is 0.561. The van der Waals surface area contributed by atoms with Crippen LogP contribution < -0.4 is 5.32 Å². The monoisotopic (exact) mass is 214 g/mol. The molecule has 3 nitrogen and oxygen atoms in total. The van der Waals surface area contributed by atoms with E-state index in [1.165, 1.54) is 0 Å². The van der Waals surface area contributed by atoms with Gasteiger partial charge < -0.3 is 10.1 Å². The van der Waals surface area contributed by atoms with Gasteiger partial charge in [-0.2, -0.15) is 0 Å². The van der Waals surface area contributed by atoms with Crippen molar-refractivity contribution in [1.29, 1.82) is 0 Å². The van der Waals surface area contributed by atoms with Gasteiger partial charge in [-0.05, 0) is 18.9 Å². The van der Waals surface area contributed by atoms with Crippen LogP contribution in [-0.4, -0.2) is 50.3 Å². The highest BCUT2D eigenvalue weighted by Crippen LogP contribution is 2.22. The summed E-state index contributed by atoms with van der Waals surface area (Å²) in [5.74, 6) is 0. The third-order valence-corrected chi connectivity index (χ3v) is 3.42. The Bertz CT molecular complexity index is 176. The van der Waals surface area contributed by atoms with Crippen molar-refractivity contribution in [1.82, 2.24) is 10.2 Å². The summed E-state index contributed by atoms with van der Waals surface area (Å²) in [7, 11) is 0. The fourth-order valence-corrected chi connectivity index (χ4v) is 2.06. The molecule has 1 fully saturated rings. The molecule has 1 N–H and O–H groups in total. The maximum atomic E-state index is 5.36. The van der Waals surface area contributed by atoms with Crippen LogP contribution in [0.2, 0.25) is 0 Å². The number of rotatable bonds is 5. The topological polar surface area (TPSA) is 24.5 Å². The Hall–Kier alpha value is -0.120. The standard InChI is InChI=1S/C12H26N2O/c1-5-13-11(2)12(3,4)10-14-6-8-15-9-7-14/h11,13H,5-10H2,1-4H3. The van der Waals surface area contributed by atoms with E-state index in [-0.39, 0.29) is 0 Å². The maximum Gasteiger partial charge on any atom is 0.0594 e. The molecule has 0 spiro atoms. The summed E-state index contributed by atoms with van der Waals surface area (Å²) in [5.41, 5.74) is 0.327. The first-order valence-corrected chi connectivity index (χ1v) is 6.09. The van der Waals surface area contributed by atoms with Crippen molar-refractivity contribution >= 4 is 0 Å². The second-order valence-electron chi connectivity index (χ2n) is 5.16. The predicted molar refractivity (Wildman–Crippen MR) is 64.2 cm³/mol. The number of hydrogen-bond acceptors (Lipinski definition) is 3. The molecule has 0 bridgehead atoms. The van der Waals surface area contributed by atoms with Crippen molar-refractivity contribution in [2.75, 3.05) is 39.4 Å². The molecule has 3 heteroatoms. The first kappa shape index (κ1) is 12.9. The van der Waals surface area contributed by atoms with Crippen LogP contribution in [0.15, 0.2) is 0 Å². The van der Waals surface area contributed by atoms with Crippen LogP contribution in [0.3, 0.4) is 0 Å². The highest BCUT2D eigenvalue weighted by atomic mass is 16.5. The van der Waals surface area contributed by atoms with Crippen LogP contribution in [0.5, 0.6) is 0 Å². The highest BCUT2D eigenvalue weighted by molar-refractivity contribution is 4.84. The van der Waals surface area contributed by atoms with E-state index in [4.69, 9.17) is 4.74 Å². The lowest BCUT2D eigenvalue weighted by Crippen LogP contribution is -2.49. The maximum absolute atomic E-state index is 5.36. The van der Waals surface area contributed by atoms with Crippen molar-refractivity contribution in [2.45, 2.75) is 33.7 Å². The van der Waals surface area contributed by atoms with E-state index >= 15 is 0 Å². The average Bonchev–Trinajstić information content (AvgIpc) is 2.19. The first-order chi connectivity index (χ1) is 7.06. The van der Waals surface area contributed by atoms with Gasteiger partial charge >= 0.3 is 0 Å². The summed E-state index contributed by atoms with van der Waals surface area (Å²) in [4.78, 5) is 2.51. The molecule has 1 rings (SSSR count). The second kappa shape index (κ2) is 5.83. The van der Waals surface area contributed by atoms with Crippen LogP contribution in [-0.2, 0) is 4.74 Å². The molecule has 1 unspecified atom stereocenters. The summed E-state index contributed by atoms with van der Waals surface area (Å²) < 4.78 is 5.36. The van der Waals surface area contributed by atoms with Crippen LogP contribution in [0.4, 0.5) is 0 Å². The predicted octanol–water partition coefficient (Wildman–Crippen LogP) is 1.34. The highest BCUT2D eigenvalue weighted by Gasteiger charge is 2.28. The van der Waals surface area contributed by atoms with E-state index in [1.807, 2.05) is 0 Å². The van der Waals surface area contributed by atoms with Gasteiger partial charge in [-0.1, -0.05) is 20.8 Å².